The van der Waals surface area contributed by atoms with Gasteiger partial charge in [0.2, 0.25) is 5.91 Å². The third kappa shape index (κ3) is 6.72. The molecule has 1 unspecified atom stereocenters. The Balaban J connectivity index is 1.32. The molecule has 2 heterocycles. The Hall–Kier alpha value is -4.28. The van der Waals surface area contributed by atoms with Crippen molar-refractivity contribution < 1.29 is 19.0 Å². The van der Waals surface area contributed by atoms with Crippen LogP contribution in [0.1, 0.15) is 13.8 Å². The molecule has 0 fully saturated rings. The number of imidazole rings is 1. The molecule has 2 N–H and O–H groups in total. The third-order valence-corrected chi connectivity index (χ3v) is 8.02. The quantitative estimate of drug-likeness (QED) is 0.156. The van der Waals surface area contributed by atoms with Crippen LogP contribution in [0.15, 0.2) is 83.3 Å². The van der Waals surface area contributed by atoms with Gasteiger partial charge < -0.3 is 24.5 Å². The van der Waals surface area contributed by atoms with Gasteiger partial charge >= 0.3 is 0 Å². The lowest BCUT2D eigenvalue weighted by molar-refractivity contribution is -0.115. The van der Waals surface area contributed by atoms with Gasteiger partial charge in [-0.3, -0.25) is 4.79 Å². The smallest absolute Gasteiger partial charge is 0.239 e. The van der Waals surface area contributed by atoms with E-state index in [0.29, 0.717) is 16.9 Å². The van der Waals surface area contributed by atoms with E-state index in [1.54, 1.807) is 14.2 Å². The van der Waals surface area contributed by atoms with Crippen molar-refractivity contribution in [2.75, 3.05) is 26.1 Å². The first-order valence-corrected chi connectivity index (χ1v) is 14.8. The molecule has 0 bridgehead atoms. The fourth-order valence-corrected chi connectivity index (χ4v) is 5.64. The van der Waals surface area contributed by atoms with E-state index in [4.69, 9.17) is 19.2 Å². The summed E-state index contributed by atoms with van der Waals surface area (Å²) in [5.41, 5.74) is 5.29. The normalized spacial score (nSPS) is 11.6. The number of benzene rings is 3. The standard InChI is InChI=1S/C31H30N4O4S2/c1-5-39-25-16-6-20(7-17-25)26-18-40-30(32-26)35-29(36)19(2)41-31-33-27(21-8-12-23(37-3)13-9-21)28(34-31)22-10-14-24(38-4)15-11-22/h6-19H,5H2,1-4H3,(H,33,34)(H,32,35,36). The molecule has 0 aliphatic rings. The van der Waals surface area contributed by atoms with Crippen molar-refractivity contribution in [2.45, 2.75) is 24.3 Å². The number of hydrogen-bond acceptors (Lipinski definition) is 8. The highest BCUT2D eigenvalue weighted by atomic mass is 32.2. The number of nitrogens with one attached hydrogen (secondary N) is 2. The van der Waals surface area contributed by atoms with Crippen molar-refractivity contribution in [3.63, 3.8) is 0 Å². The second-order valence-electron chi connectivity index (χ2n) is 8.97. The van der Waals surface area contributed by atoms with Gasteiger partial charge in [-0.05, 0) is 86.6 Å². The fraction of sp³-hybridized carbons (Fsp3) is 0.194. The molecular formula is C31H30N4O4S2. The molecule has 5 rings (SSSR count). The maximum atomic E-state index is 13.1. The molecule has 8 nitrogen and oxygen atoms in total. The highest BCUT2D eigenvalue weighted by molar-refractivity contribution is 8.00. The largest absolute Gasteiger partial charge is 0.497 e. The maximum absolute atomic E-state index is 13.1. The minimum Gasteiger partial charge on any atom is -0.497 e. The first-order valence-electron chi connectivity index (χ1n) is 13.0. The first kappa shape index (κ1) is 28.3. The number of thioether (sulfide) groups is 1. The van der Waals surface area contributed by atoms with Gasteiger partial charge in [0.1, 0.15) is 17.2 Å². The van der Waals surface area contributed by atoms with E-state index in [-0.39, 0.29) is 5.91 Å². The zero-order valence-corrected chi connectivity index (χ0v) is 24.8. The van der Waals surface area contributed by atoms with Gasteiger partial charge in [0.25, 0.3) is 0 Å². The lowest BCUT2D eigenvalue weighted by atomic mass is 10.0. The van der Waals surface area contributed by atoms with Gasteiger partial charge in [-0.25, -0.2) is 9.97 Å². The predicted molar refractivity (Wildman–Crippen MR) is 165 cm³/mol. The molecule has 1 atom stereocenters. The number of rotatable bonds is 11. The van der Waals surface area contributed by atoms with Crippen LogP contribution in [0.3, 0.4) is 0 Å². The lowest BCUT2D eigenvalue weighted by Crippen LogP contribution is -2.22. The van der Waals surface area contributed by atoms with E-state index in [0.717, 1.165) is 51.0 Å². The third-order valence-electron chi connectivity index (χ3n) is 6.28. The van der Waals surface area contributed by atoms with Crippen LogP contribution in [0.2, 0.25) is 0 Å². The molecule has 3 aromatic carbocycles. The number of carbonyl (C=O) groups is 1. The zero-order chi connectivity index (χ0) is 28.8. The Kier molecular flexibility index (Phi) is 8.91. The summed E-state index contributed by atoms with van der Waals surface area (Å²) in [7, 11) is 3.28. The van der Waals surface area contributed by atoms with Crippen molar-refractivity contribution >= 4 is 34.1 Å². The molecule has 41 heavy (non-hydrogen) atoms. The summed E-state index contributed by atoms with van der Waals surface area (Å²) in [4.78, 5) is 26.0. The average Bonchev–Trinajstić information content (AvgIpc) is 3.65. The van der Waals surface area contributed by atoms with Crippen LogP contribution < -0.4 is 19.5 Å². The molecule has 0 radical (unpaired) electrons. The maximum Gasteiger partial charge on any atom is 0.239 e. The van der Waals surface area contributed by atoms with E-state index < -0.39 is 5.25 Å². The summed E-state index contributed by atoms with van der Waals surface area (Å²) in [5.74, 6) is 2.19. The van der Waals surface area contributed by atoms with Crippen LogP contribution in [-0.2, 0) is 4.79 Å². The van der Waals surface area contributed by atoms with Crippen LogP contribution >= 0.6 is 23.1 Å². The van der Waals surface area contributed by atoms with Gasteiger partial charge in [-0.15, -0.1) is 11.3 Å². The summed E-state index contributed by atoms with van der Waals surface area (Å²) in [6.07, 6.45) is 0. The van der Waals surface area contributed by atoms with Crippen LogP contribution in [-0.4, -0.2) is 46.9 Å². The molecule has 0 saturated carbocycles. The van der Waals surface area contributed by atoms with Gasteiger partial charge in [0, 0.05) is 22.1 Å². The number of carbonyl (C=O) groups excluding carboxylic acids is 1. The Morgan fingerprint density at radius 3 is 2.07 bits per heavy atom. The number of aromatic nitrogens is 3. The van der Waals surface area contributed by atoms with E-state index in [9.17, 15) is 4.79 Å². The number of anilines is 1. The molecule has 0 saturated heterocycles. The van der Waals surface area contributed by atoms with E-state index in [1.165, 1.54) is 23.1 Å². The van der Waals surface area contributed by atoms with E-state index >= 15 is 0 Å². The molecule has 10 heteroatoms. The van der Waals surface area contributed by atoms with Gasteiger partial charge in [-0.1, -0.05) is 11.8 Å². The molecule has 5 aromatic rings. The number of thiazole rings is 1. The molecule has 0 spiro atoms. The highest BCUT2D eigenvalue weighted by Crippen LogP contribution is 2.35. The van der Waals surface area contributed by atoms with Crippen LogP contribution in [0.4, 0.5) is 5.13 Å². The molecule has 0 aliphatic carbocycles. The molecular weight excluding hydrogens is 556 g/mol. The second kappa shape index (κ2) is 12.9. The minimum absolute atomic E-state index is 0.156. The Morgan fingerprint density at radius 2 is 1.46 bits per heavy atom. The number of aromatic amines is 1. The van der Waals surface area contributed by atoms with Crippen molar-refractivity contribution in [1.82, 2.24) is 15.0 Å². The SMILES string of the molecule is CCOc1ccc(-c2csc(NC(=O)C(C)Sc3nc(-c4ccc(OC)cc4)c(-c4ccc(OC)cc4)[nH]3)n2)cc1. The number of hydrogen-bond donors (Lipinski definition) is 2. The number of amides is 1. The Bertz CT molecular complexity index is 1530. The van der Waals surface area contributed by atoms with Gasteiger partial charge in [0.05, 0.1) is 43.2 Å². The number of ether oxygens (including phenoxy) is 3. The fourth-order valence-electron chi connectivity index (χ4n) is 4.11. The number of H-pyrrole nitrogens is 1. The second-order valence-corrected chi connectivity index (χ2v) is 11.2. The summed E-state index contributed by atoms with van der Waals surface area (Å²) in [6.45, 7) is 4.42. The minimum atomic E-state index is -0.425. The van der Waals surface area contributed by atoms with Crippen LogP contribution in [0.25, 0.3) is 33.8 Å². The Morgan fingerprint density at radius 1 is 0.878 bits per heavy atom. The average molecular weight is 587 g/mol. The molecule has 210 valence electrons. The van der Waals surface area contributed by atoms with Crippen LogP contribution in [0.5, 0.6) is 17.2 Å². The highest BCUT2D eigenvalue weighted by Gasteiger charge is 2.21. The van der Waals surface area contributed by atoms with Crippen LogP contribution in [0, 0.1) is 0 Å². The number of nitrogens with zero attached hydrogens (tertiary/aromatic N) is 2. The van der Waals surface area contributed by atoms with E-state index in [1.807, 2.05) is 92.0 Å². The summed E-state index contributed by atoms with van der Waals surface area (Å²) in [5, 5.41) is 5.63. The summed E-state index contributed by atoms with van der Waals surface area (Å²) >= 11 is 2.75. The molecule has 0 aliphatic heterocycles. The van der Waals surface area contributed by atoms with Crippen molar-refractivity contribution in [2.24, 2.45) is 0 Å². The van der Waals surface area contributed by atoms with Crippen molar-refractivity contribution in [3.05, 3.63) is 78.2 Å². The molecule has 2 aromatic heterocycles. The zero-order valence-electron chi connectivity index (χ0n) is 23.1. The topological polar surface area (TPSA) is 98.4 Å². The van der Waals surface area contributed by atoms with Gasteiger partial charge in [-0.2, -0.15) is 0 Å². The summed E-state index contributed by atoms with van der Waals surface area (Å²) < 4.78 is 16.2. The summed E-state index contributed by atoms with van der Waals surface area (Å²) in [6, 6.07) is 23.3. The van der Waals surface area contributed by atoms with E-state index in [2.05, 4.69) is 15.3 Å². The monoisotopic (exact) mass is 586 g/mol. The van der Waals surface area contributed by atoms with Gasteiger partial charge in [0.15, 0.2) is 10.3 Å². The first-order chi connectivity index (χ1) is 20.0. The lowest BCUT2D eigenvalue weighted by Gasteiger charge is -2.08. The number of methoxy groups -OCH3 is 2. The Labute approximate surface area is 247 Å². The van der Waals surface area contributed by atoms with Crippen molar-refractivity contribution in [3.8, 4) is 51.0 Å². The molecule has 1 amide bonds. The van der Waals surface area contributed by atoms with Crippen molar-refractivity contribution in [1.29, 1.82) is 0 Å². The predicted octanol–water partition coefficient (Wildman–Crippen LogP) is 7.40.